The number of fused-ring (bicyclic) bond motifs is 9. The molecule has 1 aliphatic heterocycles. The summed E-state index contributed by atoms with van der Waals surface area (Å²) in [6.45, 7) is 0. The van der Waals surface area contributed by atoms with Crippen LogP contribution in [-0.2, 0) is 6.42 Å². The van der Waals surface area contributed by atoms with Crippen LogP contribution in [0.5, 0.6) is 11.5 Å². The van der Waals surface area contributed by atoms with Crippen molar-refractivity contribution in [3.8, 4) is 45.7 Å². The molecule has 0 atom stereocenters. The summed E-state index contributed by atoms with van der Waals surface area (Å²) in [5.74, 6) is 3.54. The average molecular weight is 776 g/mol. The molecule has 0 N–H and O–H groups in total. The molecule has 0 fully saturated rings. The second kappa shape index (κ2) is 12.7. The Morgan fingerprint density at radius 1 is 0.533 bits per heavy atom. The summed E-state index contributed by atoms with van der Waals surface area (Å²) in [7, 11) is 0. The van der Waals surface area contributed by atoms with E-state index in [2.05, 4.69) is 116 Å². The van der Waals surface area contributed by atoms with Gasteiger partial charge in [-0.2, -0.15) is 0 Å². The van der Waals surface area contributed by atoms with E-state index in [1.165, 1.54) is 0 Å². The highest BCUT2D eigenvalue weighted by Crippen LogP contribution is 2.55. The van der Waals surface area contributed by atoms with E-state index in [1.54, 1.807) is 0 Å². The zero-order valence-corrected chi connectivity index (χ0v) is 32.1. The van der Waals surface area contributed by atoms with Gasteiger partial charge in [0, 0.05) is 16.8 Å². The van der Waals surface area contributed by atoms with Crippen molar-refractivity contribution >= 4 is 62.1 Å². The number of ether oxygens (including phenoxy) is 1. The lowest BCUT2D eigenvalue weighted by Crippen LogP contribution is -2.17. The summed E-state index contributed by atoms with van der Waals surface area (Å²) in [5.41, 5.74) is 13.2. The number of imidazole rings is 3. The van der Waals surface area contributed by atoms with Gasteiger partial charge in [-0.15, -0.1) is 0 Å². The largest absolute Gasteiger partial charge is 0.453 e. The maximum atomic E-state index is 7.19. The third-order valence-corrected chi connectivity index (χ3v) is 11.7. The van der Waals surface area contributed by atoms with Crippen LogP contribution in [0.2, 0.25) is 0 Å². The van der Waals surface area contributed by atoms with E-state index in [1.807, 2.05) is 78.9 Å². The summed E-state index contributed by atoms with van der Waals surface area (Å²) in [4.78, 5) is 19.0. The van der Waals surface area contributed by atoms with Gasteiger partial charge in [0.15, 0.2) is 17.1 Å². The lowest BCUT2D eigenvalue weighted by atomic mass is 10.1. The van der Waals surface area contributed by atoms with Crippen LogP contribution in [0.1, 0.15) is 17.8 Å². The molecule has 7 aromatic carbocycles. The number of hydrogen-bond acceptors (Lipinski definition) is 6. The van der Waals surface area contributed by atoms with Crippen molar-refractivity contribution in [1.82, 2.24) is 28.5 Å². The van der Waals surface area contributed by atoms with Gasteiger partial charge in [-0.1, -0.05) is 109 Å². The average Bonchev–Trinajstić information content (AvgIpc) is 4.09. The van der Waals surface area contributed by atoms with E-state index in [-0.39, 0.29) is 0 Å². The van der Waals surface area contributed by atoms with Gasteiger partial charge in [0.2, 0.25) is 11.7 Å². The highest BCUT2D eigenvalue weighted by atomic mass is 16.5. The van der Waals surface area contributed by atoms with E-state index >= 15 is 0 Å². The van der Waals surface area contributed by atoms with Gasteiger partial charge in [0.25, 0.3) is 0 Å². The monoisotopic (exact) mass is 775 g/mol. The second-order valence-electron chi connectivity index (χ2n) is 15.1. The molecule has 13 rings (SSSR count). The molecule has 0 saturated carbocycles. The fourth-order valence-corrected chi connectivity index (χ4v) is 9.14. The molecule has 0 spiro atoms. The zero-order valence-electron chi connectivity index (χ0n) is 32.1. The van der Waals surface area contributed by atoms with Gasteiger partial charge in [-0.25, -0.2) is 15.0 Å². The maximum Gasteiger partial charge on any atom is 0.227 e. The Morgan fingerprint density at radius 2 is 1.17 bits per heavy atom. The van der Waals surface area contributed by atoms with Crippen molar-refractivity contribution in [2.75, 3.05) is 4.90 Å². The van der Waals surface area contributed by atoms with Crippen molar-refractivity contribution < 1.29 is 9.15 Å². The van der Waals surface area contributed by atoms with E-state index < -0.39 is 0 Å². The quantitative estimate of drug-likeness (QED) is 0.173. The molecule has 2 aliphatic rings. The Kier molecular flexibility index (Phi) is 6.94. The van der Waals surface area contributed by atoms with Gasteiger partial charge in [0.1, 0.15) is 33.7 Å². The summed E-state index contributed by atoms with van der Waals surface area (Å²) in [5, 5.41) is 0. The van der Waals surface area contributed by atoms with Crippen molar-refractivity contribution in [3.05, 3.63) is 181 Å². The molecule has 4 aromatic heterocycles. The molecule has 9 nitrogen and oxygen atoms in total. The number of rotatable bonds is 5. The lowest BCUT2D eigenvalue weighted by molar-refractivity contribution is 0.477. The Bertz CT molecular complexity index is 3480. The van der Waals surface area contributed by atoms with Gasteiger partial charge >= 0.3 is 0 Å². The molecule has 5 heterocycles. The minimum Gasteiger partial charge on any atom is -0.453 e. The van der Waals surface area contributed by atoms with E-state index in [0.717, 1.165) is 109 Å². The lowest BCUT2D eigenvalue weighted by Gasteiger charge is -2.33. The molecule has 0 amide bonds. The van der Waals surface area contributed by atoms with E-state index in [9.17, 15) is 0 Å². The molecule has 11 aromatic rings. The highest BCUT2D eigenvalue weighted by molar-refractivity contribution is 6.17. The molecule has 0 saturated heterocycles. The predicted octanol–water partition coefficient (Wildman–Crippen LogP) is 12.6. The fraction of sp³-hybridized carbons (Fsp3) is 0.0392. The molecule has 284 valence electrons. The predicted molar refractivity (Wildman–Crippen MR) is 237 cm³/mol. The minimum atomic E-state index is 0.503. The van der Waals surface area contributed by atoms with Crippen molar-refractivity contribution in [1.29, 1.82) is 0 Å². The number of hydrogen-bond donors (Lipinski definition) is 0. The summed E-state index contributed by atoms with van der Waals surface area (Å²) >= 11 is 0. The zero-order chi connectivity index (χ0) is 39.3. The second-order valence-corrected chi connectivity index (χ2v) is 15.1. The van der Waals surface area contributed by atoms with Crippen LogP contribution in [0.4, 0.5) is 17.1 Å². The number of para-hydroxylation sites is 7. The van der Waals surface area contributed by atoms with Crippen LogP contribution in [-0.4, -0.2) is 28.5 Å². The van der Waals surface area contributed by atoms with E-state index in [0.29, 0.717) is 17.0 Å². The van der Waals surface area contributed by atoms with Gasteiger partial charge < -0.3 is 9.15 Å². The standard InChI is InChI=1S/C51H33N7O2/c1-4-18-32(19-5-1)49-53-43-45(55(49)34-22-8-3-9-23-34)46(56-39-28-14-16-30-41(39)59-42-31-17-15-29-40(42)56)44-48(60-50(54-44)33-20-6-2-7-21-33)47(43)58-38-27-13-12-26-37(38)57-36-25-11-10-24-35(36)52-51(57)58/h1-9,11-23,25-31H,10,24H2. The molecule has 1 aliphatic carbocycles. The number of aryl methyl sites for hydroxylation is 1. The summed E-state index contributed by atoms with van der Waals surface area (Å²) < 4.78 is 20.6. The Balaban J connectivity index is 1.29. The molecule has 0 radical (unpaired) electrons. The molecule has 60 heavy (non-hydrogen) atoms. The highest BCUT2D eigenvalue weighted by Gasteiger charge is 2.36. The van der Waals surface area contributed by atoms with Gasteiger partial charge in [-0.05, 0) is 79.6 Å². The fourth-order valence-electron chi connectivity index (χ4n) is 9.14. The normalized spacial score (nSPS) is 13.2. The Labute approximate surface area is 343 Å². The summed E-state index contributed by atoms with van der Waals surface area (Å²) in [6, 6.07) is 55.8. The molecular weight excluding hydrogens is 743 g/mol. The van der Waals surface area contributed by atoms with Crippen LogP contribution >= 0.6 is 0 Å². The third kappa shape index (κ3) is 4.65. The topological polar surface area (TPSA) is 78.5 Å². The van der Waals surface area contributed by atoms with Crippen molar-refractivity contribution in [2.24, 2.45) is 0 Å². The van der Waals surface area contributed by atoms with Crippen LogP contribution in [0, 0.1) is 0 Å². The number of nitrogens with zero attached hydrogens (tertiary/aromatic N) is 7. The smallest absolute Gasteiger partial charge is 0.227 e. The minimum absolute atomic E-state index is 0.503. The number of benzene rings is 7. The number of anilines is 3. The molecule has 0 unspecified atom stereocenters. The first-order chi connectivity index (χ1) is 29.8. The maximum absolute atomic E-state index is 7.19. The Morgan fingerprint density at radius 3 is 1.90 bits per heavy atom. The van der Waals surface area contributed by atoms with Crippen LogP contribution in [0.15, 0.2) is 174 Å². The van der Waals surface area contributed by atoms with Gasteiger partial charge in [0.05, 0.1) is 33.8 Å². The van der Waals surface area contributed by atoms with Crippen LogP contribution in [0.3, 0.4) is 0 Å². The van der Waals surface area contributed by atoms with Crippen LogP contribution < -0.4 is 9.64 Å². The van der Waals surface area contributed by atoms with E-state index in [4.69, 9.17) is 24.1 Å². The van der Waals surface area contributed by atoms with Crippen LogP contribution in [0.25, 0.3) is 79.2 Å². The van der Waals surface area contributed by atoms with Gasteiger partial charge in [-0.3, -0.25) is 18.4 Å². The number of allylic oxidation sites excluding steroid dienone is 1. The molecular formula is C51H33N7O2. The first kappa shape index (κ1) is 32.9. The first-order valence-electron chi connectivity index (χ1n) is 20.2. The molecule has 0 bridgehead atoms. The SMILES string of the molecule is C1=Cc2c(nc3n(-c4c5nc(-c6ccccc6)n(-c6ccccc6)c5c(N5c6ccccc6Oc6ccccc65)c5nc(-c6ccccc6)oc45)c4ccccc4n23)CC1. The summed E-state index contributed by atoms with van der Waals surface area (Å²) in [6.07, 6.45) is 6.25. The third-order valence-electron chi connectivity index (χ3n) is 11.7. The van der Waals surface area contributed by atoms with Crippen molar-refractivity contribution in [3.63, 3.8) is 0 Å². The Hall–Kier alpha value is -8.17. The first-order valence-corrected chi connectivity index (χ1v) is 20.2. The number of oxazole rings is 1. The molecule has 9 heteroatoms. The number of aromatic nitrogens is 6. The van der Waals surface area contributed by atoms with Crippen molar-refractivity contribution in [2.45, 2.75) is 12.8 Å².